The summed E-state index contributed by atoms with van der Waals surface area (Å²) in [5.74, 6) is -0.00935. The molecule has 3 rings (SSSR count). The van der Waals surface area contributed by atoms with Gasteiger partial charge in [-0.2, -0.15) is 0 Å². The monoisotopic (exact) mass is 393 g/mol. The van der Waals surface area contributed by atoms with E-state index in [1.165, 1.54) is 5.56 Å². The molecule has 0 unspecified atom stereocenters. The van der Waals surface area contributed by atoms with Gasteiger partial charge in [0.05, 0.1) is 0 Å². The molecule has 4 heteroatoms. The zero-order valence-corrected chi connectivity index (χ0v) is 13.9. The fraction of sp³-hybridized carbons (Fsp3) is 0.125. The Bertz CT molecular complexity index is 652. The van der Waals surface area contributed by atoms with Crippen molar-refractivity contribution < 1.29 is 4.79 Å². The molecule has 0 spiro atoms. The molecule has 0 bridgehead atoms. The Kier molecular flexibility index (Phi) is 4.15. The second kappa shape index (κ2) is 6.04. The van der Waals surface area contributed by atoms with Crippen molar-refractivity contribution in [3.8, 4) is 0 Å². The molecule has 0 N–H and O–H groups in total. The third-order valence-corrected chi connectivity index (χ3v) is 6.30. The van der Waals surface area contributed by atoms with Gasteiger partial charge in [0, 0.05) is 0 Å². The van der Waals surface area contributed by atoms with Crippen LogP contribution in [-0.2, 0) is 4.79 Å². The quantitative estimate of drug-likeness (QED) is 0.718. The van der Waals surface area contributed by atoms with E-state index in [-0.39, 0.29) is 20.9 Å². The van der Waals surface area contributed by atoms with E-state index >= 15 is 0 Å². The van der Waals surface area contributed by atoms with E-state index in [0.717, 1.165) is 14.6 Å². The molecule has 0 radical (unpaired) electrons. The summed E-state index contributed by atoms with van der Waals surface area (Å²) in [6.45, 7) is 0. The Hall–Kier alpha value is -1.22. The number of benzene rings is 2. The zero-order valence-electron chi connectivity index (χ0n) is 10.6. The van der Waals surface area contributed by atoms with Gasteiger partial charge in [-0.25, -0.2) is 0 Å². The van der Waals surface area contributed by atoms with Crippen LogP contribution < -0.4 is 0 Å². The van der Waals surface area contributed by atoms with Crippen molar-refractivity contribution in [3.63, 3.8) is 0 Å². The molecule has 1 aliphatic heterocycles. The predicted molar refractivity (Wildman–Crippen MR) is 85.2 cm³/mol. The predicted octanol–water partition coefficient (Wildman–Crippen LogP) is 3.57. The second-order valence-electron chi connectivity index (χ2n) is 4.54. The molecule has 0 aliphatic carbocycles. The zero-order chi connectivity index (χ0) is 13.9. The van der Waals surface area contributed by atoms with E-state index in [4.69, 9.17) is 0 Å². The number of carbonyl (C=O) groups excluding carboxylic acids is 1. The number of rotatable bonds is 2. The Morgan fingerprint density at radius 2 is 1.75 bits per heavy atom. The molecule has 1 amide bonds. The Labute approximate surface area is 132 Å². The number of nitrogens with zero attached hydrogens (tertiary/aromatic N) is 1. The van der Waals surface area contributed by atoms with Gasteiger partial charge >= 0.3 is 133 Å². The molecule has 2 aromatic rings. The van der Waals surface area contributed by atoms with Crippen molar-refractivity contribution in [1.82, 2.24) is 0 Å². The Morgan fingerprint density at radius 1 is 1.05 bits per heavy atom. The topological polar surface area (TPSA) is 29.4 Å². The minimum absolute atomic E-state index is 0.00935. The van der Waals surface area contributed by atoms with Crippen LogP contribution in [0.5, 0.6) is 0 Å². The van der Waals surface area contributed by atoms with Crippen molar-refractivity contribution in [2.75, 3.05) is 0 Å². The molecule has 0 saturated carbocycles. The first-order valence-electron chi connectivity index (χ1n) is 6.31. The SMILES string of the molecule is O=C1C[C@H](c2ccccc2)[Se]C(c2ccc(Br)cc2)=N1. The van der Waals surface area contributed by atoms with Crippen LogP contribution in [0.1, 0.15) is 22.4 Å². The van der Waals surface area contributed by atoms with E-state index in [9.17, 15) is 4.79 Å². The standard InChI is InChI=1S/C16H12BrNOSe/c17-13-8-6-12(7-9-13)16-18-15(19)10-14(20-16)11-4-2-1-3-5-11/h1-9,14H,10H2/t14-/m1/s1. The molecule has 1 aliphatic rings. The summed E-state index contributed by atoms with van der Waals surface area (Å²) in [7, 11) is 0. The van der Waals surface area contributed by atoms with Gasteiger partial charge in [-0.3, -0.25) is 0 Å². The van der Waals surface area contributed by atoms with Gasteiger partial charge in [0.25, 0.3) is 0 Å². The average molecular weight is 393 g/mol. The van der Waals surface area contributed by atoms with Gasteiger partial charge < -0.3 is 0 Å². The van der Waals surface area contributed by atoms with Crippen LogP contribution >= 0.6 is 15.9 Å². The Morgan fingerprint density at radius 3 is 2.45 bits per heavy atom. The van der Waals surface area contributed by atoms with Gasteiger partial charge in [0.1, 0.15) is 0 Å². The summed E-state index contributed by atoms with van der Waals surface area (Å²) in [5.41, 5.74) is 2.30. The first kappa shape index (κ1) is 13.7. The van der Waals surface area contributed by atoms with Crippen LogP contribution in [-0.4, -0.2) is 25.5 Å². The molecule has 20 heavy (non-hydrogen) atoms. The first-order valence-corrected chi connectivity index (χ1v) is 8.95. The molecular weight excluding hydrogens is 381 g/mol. The molecule has 2 aromatic carbocycles. The van der Waals surface area contributed by atoms with E-state index in [0.29, 0.717) is 11.2 Å². The Balaban J connectivity index is 1.89. The molecule has 1 atom stereocenters. The van der Waals surface area contributed by atoms with Crippen molar-refractivity contribution in [3.05, 3.63) is 70.2 Å². The molecule has 1 heterocycles. The van der Waals surface area contributed by atoms with E-state index < -0.39 is 0 Å². The summed E-state index contributed by atoms with van der Waals surface area (Å²) in [4.78, 5) is 16.5. The number of carbonyl (C=O) groups is 1. The number of halogens is 1. The van der Waals surface area contributed by atoms with Crippen LogP contribution in [0.25, 0.3) is 0 Å². The van der Waals surface area contributed by atoms with E-state index in [1.807, 2.05) is 42.5 Å². The van der Waals surface area contributed by atoms with Crippen molar-refractivity contribution in [1.29, 1.82) is 0 Å². The van der Waals surface area contributed by atoms with Crippen molar-refractivity contribution >= 4 is 41.4 Å². The molecule has 0 fully saturated rings. The van der Waals surface area contributed by atoms with Crippen LogP contribution in [0.2, 0.25) is 0 Å². The van der Waals surface area contributed by atoms with Gasteiger partial charge in [-0.1, -0.05) is 0 Å². The molecule has 2 nitrogen and oxygen atoms in total. The van der Waals surface area contributed by atoms with Gasteiger partial charge in [-0.15, -0.1) is 0 Å². The fourth-order valence-electron chi connectivity index (χ4n) is 2.10. The van der Waals surface area contributed by atoms with Crippen LogP contribution in [0.3, 0.4) is 0 Å². The summed E-state index contributed by atoms with van der Waals surface area (Å²) >= 11 is 3.61. The summed E-state index contributed by atoms with van der Waals surface area (Å²) in [5, 5.41) is 0. The normalized spacial score (nSPS) is 18.8. The fourth-order valence-corrected chi connectivity index (χ4v) is 4.91. The maximum absolute atomic E-state index is 11.9. The summed E-state index contributed by atoms with van der Waals surface area (Å²) in [6.07, 6.45) is 0.532. The van der Waals surface area contributed by atoms with Crippen molar-refractivity contribution in [2.24, 2.45) is 4.99 Å². The summed E-state index contributed by atoms with van der Waals surface area (Å²) in [6, 6.07) is 18.3. The van der Waals surface area contributed by atoms with Crippen LogP contribution in [0.4, 0.5) is 0 Å². The first-order chi connectivity index (χ1) is 9.72. The number of amides is 1. The molecular formula is C16H12BrNOSe. The molecule has 100 valence electrons. The van der Waals surface area contributed by atoms with Crippen LogP contribution in [0, 0.1) is 0 Å². The van der Waals surface area contributed by atoms with Gasteiger partial charge in [0.2, 0.25) is 0 Å². The third-order valence-electron chi connectivity index (χ3n) is 3.10. The number of aliphatic imine (C=N–C) groups is 1. The van der Waals surface area contributed by atoms with E-state index in [1.54, 1.807) is 0 Å². The third kappa shape index (κ3) is 3.09. The van der Waals surface area contributed by atoms with Crippen molar-refractivity contribution in [2.45, 2.75) is 11.2 Å². The van der Waals surface area contributed by atoms with Gasteiger partial charge in [0.15, 0.2) is 0 Å². The van der Waals surface area contributed by atoms with Crippen LogP contribution in [0.15, 0.2) is 64.1 Å². The summed E-state index contributed by atoms with van der Waals surface area (Å²) < 4.78 is 1.99. The molecule has 0 saturated heterocycles. The number of hydrogen-bond donors (Lipinski definition) is 0. The van der Waals surface area contributed by atoms with Gasteiger partial charge in [-0.05, 0) is 0 Å². The second-order valence-corrected chi connectivity index (χ2v) is 7.95. The average Bonchev–Trinajstić information content (AvgIpc) is 2.48. The molecule has 0 aromatic heterocycles. The number of hydrogen-bond acceptors (Lipinski definition) is 1. The van der Waals surface area contributed by atoms with E-state index in [2.05, 4.69) is 33.1 Å². The maximum atomic E-state index is 11.9. The minimum atomic E-state index is -0.00935.